The van der Waals surface area contributed by atoms with Crippen molar-refractivity contribution in [2.24, 2.45) is 4.99 Å². The Morgan fingerprint density at radius 3 is 2.81 bits per heavy atom. The highest BCUT2D eigenvalue weighted by Crippen LogP contribution is 2.28. The molecule has 0 radical (unpaired) electrons. The lowest BCUT2D eigenvalue weighted by atomic mass is 10.0. The number of rotatable bonds is 4. The lowest BCUT2D eigenvalue weighted by Gasteiger charge is -2.38. The van der Waals surface area contributed by atoms with Gasteiger partial charge in [-0.2, -0.15) is 0 Å². The lowest BCUT2D eigenvalue weighted by Crippen LogP contribution is -2.48. The second-order valence-electron chi connectivity index (χ2n) is 7.94. The summed E-state index contributed by atoms with van der Waals surface area (Å²) >= 11 is 0. The monoisotopic (exact) mass is 366 g/mol. The van der Waals surface area contributed by atoms with Crippen molar-refractivity contribution in [2.75, 3.05) is 24.6 Å². The van der Waals surface area contributed by atoms with Gasteiger partial charge in [0.05, 0.1) is 36.3 Å². The van der Waals surface area contributed by atoms with Crippen LogP contribution in [-0.4, -0.2) is 47.1 Å². The Bertz CT molecular complexity index is 876. The maximum Gasteiger partial charge on any atom is 0.132 e. The normalized spacial score (nSPS) is 18.4. The molecule has 3 heterocycles. The molecule has 27 heavy (non-hydrogen) atoms. The molecule has 6 heteroatoms. The molecule has 142 valence electrons. The number of aromatic nitrogens is 2. The fraction of sp³-hybridized carbons (Fsp3) is 0.476. The van der Waals surface area contributed by atoms with Crippen LogP contribution in [0.4, 0.5) is 5.82 Å². The maximum atomic E-state index is 5.86. The molecule has 6 nitrogen and oxygen atoms in total. The summed E-state index contributed by atoms with van der Waals surface area (Å²) in [5, 5.41) is 0. The number of nitrogens with zero attached hydrogens (tertiary/aromatic N) is 4. The van der Waals surface area contributed by atoms with E-state index in [1.165, 1.54) is 5.56 Å². The molecule has 1 aromatic heterocycles. The van der Waals surface area contributed by atoms with Crippen molar-refractivity contribution in [2.45, 2.75) is 45.9 Å². The molecule has 1 fully saturated rings. The zero-order chi connectivity index (χ0) is 19.0. The van der Waals surface area contributed by atoms with Gasteiger partial charge in [0.25, 0.3) is 0 Å². The quantitative estimate of drug-likeness (QED) is 0.831. The van der Waals surface area contributed by atoms with Gasteiger partial charge in [0.15, 0.2) is 0 Å². The van der Waals surface area contributed by atoms with E-state index in [4.69, 9.17) is 14.5 Å². The first kappa shape index (κ1) is 17.9. The van der Waals surface area contributed by atoms with Gasteiger partial charge in [-0.15, -0.1) is 0 Å². The highest BCUT2D eigenvalue weighted by atomic mass is 16.5. The predicted octanol–water partition coefficient (Wildman–Crippen LogP) is 3.23. The Balaban J connectivity index is 1.63. The van der Waals surface area contributed by atoms with Gasteiger partial charge in [-0.25, -0.2) is 9.97 Å². The minimum Gasteiger partial charge on any atom is -0.491 e. The van der Waals surface area contributed by atoms with Crippen LogP contribution in [0.1, 0.15) is 44.5 Å². The Hall–Kier alpha value is -2.47. The average Bonchev–Trinajstić information content (AvgIpc) is 3.04. The number of morpholine rings is 1. The van der Waals surface area contributed by atoms with Crippen LogP contribution in [0.15, 0.2) is 35.6 Å². The van der Waals surface area contributed by atoms with Gasteiger partial charge in [0, 0.05) is 24.7 Å². The van der Waals surface area contributed by atoms with Gasteiger partial charge in [0.1, 0.15) is 17.9 Å². The highest BCUT2D eigenvalue weighted by molar-refractivity contribution is 6.14. The molecule has 1 saturated heterocycles. The SMILES string of the molecule is CC(C)Oc1ccc2c(c1)C(c1cc(N3CCOC(C)(C)C3)ncn1)=NC2. The molecule has 0 saturated carbocycles. The van der Waals surface area contributed by atoms with E-state index in [9.17, 15) is 0 Å². The maximum absolute atomic E-state index is 5.86. The number of anilines is 1. The summed E-state index contributed by atoms with van der Waals surface area (Å²) in [5.74, 6) is 1.78. The molecule has 0 atom stereocenters. The summed E-state index contributed by atoms with van der Waals surface area (Å²) in [6, 6.07) is 8.21. The number of benzene rings is 1. The van der Waals surface area contributed by atoms with E-state index in [1.807, 2.05) is 26.0 Å². The van der Waals surface area contributed by atoms with E-state index in [2.05, 4.69) is 40.8 Å². The molecule has 2 aliphatic rings. The molecule has 2 aliphatic heterocycles. The zero-order valence-electron chi connectivity index (χ0n) is 16.4. The first-order valence-corrected chi connectivity index (χ1v) is 9.47. The predicted molar refractivity (Wildman–Crippen MR) is 106 cm³/mol. The molecule has 0 N–H and O–H groups in total. The fourth-order valence-corrected chi connectivity index (χ4v) is 3.59. The summed E-state index contributed by atoms with van der Waals surface area (Å²) < 4.78 is 11.7. The van der Waals surface area contributed by atoms with Crippen LogP contribution in [0.2, 0.25) is 0 Å². The van der Waals surface area contributed by atoms with Crippen LogP contribution in [-0.2, 0) is 11.3 Å². The smallest absolute Gasteiger partial charge is 0.132 e. The summed E-state index contributed by atoms with van der Waals surface area (Å²) in [4.78, 5) is 16.0. The number of hydrogen-bond acceptors (Lipinski definition) is 6. The lowest BCUT2D eigenvalue weighted by molar-refractivity contribution is -0.0279. The molecule has 0 unspecified atom stereocenters. The zero-order valence-corrected chi connectivity index (χ0v) is 16.4. The van der Waals surface area contributed by atoms with E-state index < -0.39 is 0 Å². The van der Waals surface area contributed by atoms with Crippen LogP contribution in [0.5, 0.6) is 5.75 Å². The number of ether oxygens (including phenoxy) is 2. The molecule has 4 rings (SSSR count). The molecule has 1 aromatic carbocycles. The number of fused-ring (bicyclic) bond motifs is 1. The number of aliphatic imine (C=N–C) groups is 1. The van der Waals surface area contributed by atoms with Crippen molar-refractivity contribution in [3.8, 4) is 5.75 Å². The summed E-state index contributed by atoms with van der Waals surface area (Å²) in [6.45, 7) is 11.3. The van der Waals surface area contributed by atoms with Gasteiger partial charge in [-0.3, -0.25) is 4.99 Å². The third-order valence-corrected chi connectivity index (χ3v) is 4.76. The Kier molecular flexibility index (Phi) is 4.60. The third-order valence-electron chi connectivity index (χ3n) is 4.76. The minimum atomic E-state index is -0.177. The standard InChI is InChI=1S/C21H26N4O2/c1-14(2)27-16-6-5-15-11-22-20(17(15)9-16)18-10-19(24-13-23-18)25-7-8-26-21(3,4)12-25/h5-6,9-10,13-14H,7-8,11-12H2,1-4H3. The molecule has 0 bridgehead atoms. The Morgan fingerprint density at radius 1 is 1.19 bits per heavy atom. The molecule has 0 spiro atoms. The second-order valence-corrected chi connectivity index (χ2v) is 7.94. The van der Waals surface area contributed by atoms with Crippen molar-refractivity contribution >= 4 is 11.5 Å². The van der Waals surface area contributed by atoms with Crippen molar-refractivity contribution in [1.29, 1.82) is 0 Å². The van der Waals surface area contributed by atoms with E-state index in [0.29, 0.717) is 13.2 Å². The van der Waals surface area contributed by atoms with Crippen LogP contribution in [0, 0.1) is 0 Å². The van der Waals surface area contributed by atoms with Crippen molar-refractivity contribution < 1.29 is 9.47 Å². The highest BCUT2D eigenvalue weighted by Gasteiger charge is 2.28. The summed E-state index contributed by atoms with van der Waals surface area (Å²) in [5.41, 5.74) is 3.89. The van der Waals surface area contributed by atoms with Crippen molar-refractivity contribution in [3.05, 3.63) is 47.4 Å². The minimum absolute atomic E-state index is 0.139. The number of hydrogen-bond donors (Lipinski definition) is 0. The molecule has 0 aliphatic carbocycles. The molecule has 2 aromatic rings. The first-order chi connectivity index (χ1) is 12.9. The van der Waals surface area contributed by atoms with E-state index >= 15 is 0 Å². The topological polar surface area (TPSA) is 59.8 Å². The second kappa shape index (κ2) is 6.93. The van der Waals surface area contributed by atoms with Crippen LogP contribution in [0.3, 0.4) is 0 Å². The average molecular weight is 366 g/mol. The van der Waals surface area contributed by atoms with Gasteiger partial charge >= 0.3 is 0 Å². The van der Waals surface area contributed by atoms with Crippen LogP contribution in [0.25, 0.3) is 0 Å². The van der Waals surface area contributed by atoms with Gasteiger partial charge in [0.2, 0.25) is 0 Å². The first-order valence-electron chi connectivity index (χ1n) is 9.47. The Labute approximate surface area is 160 Å². The largest absolute Gasteiger partial charge is 0.491 e. The van der Waals surface area contributed by atoms with Gasteiger partial charge < -0.3 is 14.4 Å². The van der Waals surface area contributed by atoms with Crippen molar-refractivity contribution in [1.82, 2.24) is 9.97 Å². The van der Waals surface area contributed by atoms with Gasteiger partial charge in [-0.05, 0) is 45.4 Å². The molecular weight excluding hydrogens is 340 g/mol. The van der Waals surface area contributed by atoms with E-state index in [0.717, 1.165) is 41.6 Å². The summed E-state index contributed by atoms with van der Waals surface area (Å²) in [7, 11) is 0. The van der Waals surface area contributed by atoms with Crippen LogP contribution < -0.4 is 9.64 Å². The van der Waals surface area contributed by atoms with Crippen LogP contribution >= 0.6 is 0 Å². The van der Waals surface area contributed by atoms with E-state index in [-0.39, 0.29) is 11.7 Å². The van der Waals surface area contributed by atoms with Crippen molar-refractivity contribution in [3.63, 3.8) is 0 Å². The van der Waals surface area contributed by atoms with Gasteiger partial charge in [-0.1, -0.05) is 6.07 Å². The third kappa shape index (κ3) is 3.81. The van der Waals surface area contributed by atoms with E-state index in [1.54, 1.807) is 6.33 Å². The molecular formula is C21H26N4O2. The summed E-state index contributed by atoms with van der Waals surface area (Å²) in [6.07, 6.45) is 1.77. The fourth-order valence-electron chi connectivity index (χ4n) is 3.59. The Morgan fingerprint density at radius 2 is 2.04 bits per heavy atom. The molecule has 0 amide bonds.